The molecule has 156 valence electrons. The molecule has 30 heavy (non-hydrogen) atoms. The third kappa shape index (κ3) is 5.22. The van der Waals surface area contributed by atoms with Crippen LogP contribution in [0.2, 0.25) is 0 Å². The maximum atomic E-state index is 12.7. The Morgan fingerprint density at radius 2 is 1.83 bits per heavy atom. The molecule has 2 aromatic heterocycles. The lowest BCUT2D eigenvalue weighted by atomic mass is 10.2. The van der Waals surface area contributed by atoms with Crippen LogP contribution in [0, 0.1) is 13.8 Å². The Morgan fingerprint density at radius 3 is 2.57 bits per heavy atom. The number of rotatable bonds is 8. The van der Waals surface area contributed by atoms with E-state index in [0.29, 0.717) is 41.0 Å². The summed E-state index contributed by atoms with van der Waals surface area (Å²) in [5, 5.41) is 9.38. The van der Waals surface area contributed by atoms with Crippen molar-refractivity contribution in [3.05, 3.63) is 59.7 Å². The second-order valence-electron chi connectivity index (χ2n) is 6.76. The van der Waals surface area contributed by atoms with Gasteiger partial charge in [-0.2, -0.15) is 0 Å². The van der Waals surface area contributed by atoms with E-state index in [-0.39, 0.29) is 5.91 Å². The fourth-order valence-corrected chi connectivity index (χ4v) is 2.95. The van der Waals surface area contributed by atoms with Gasteiger partial charge in [-0.05, 0) is 32.4 Å². The van der Waals surface area contributed by atoms with Crippen molar-refractivity contribution in [3.63, 3.8) is 0 Å². The van der Waals surface area contributed by atoms with Crippen molar-refractivity contribution in [1.29, 1.82) is 0 Å². The number of nitrogens with one attached hydrogen (secondary N) is 3. The lowest BCUT2D eigenvalue weighted by molar-refractivity contribution is 0.0954. The van der Waals surface area contributed by atoms with Crippen LogP contribution in [0.3, 0.4) is 0 Å². The van der Waals surface area contributed by atoms with E-state index < -0.39 is 0 Å². The second-order valence-corrected chi connectivity index (χ2v) is 6.76. The molecule has 0 spiro atoms. The molecule has 0 aliphatic heterocycles. The van der Waals surface area contributed by atoms with E-state index in [2.05, 4.69) is 30.9 Å². The smallest absolute Gasteiger partial charge is 0.254 e. The normalized spacial score (nSPS) is 10.4. The molecule has 0 bridgehead atoms. The topological polar surface area (TPSA) is 101 Å². The largest absolute Gasteiger partial charge is 0.495 e. The molecule has 0 saturated heterocycles. The van der Waals surface area contributed by atoms with Gasteiger partial charge in [-0.1, -0.05) is 19.1 Å². The predicted octanol–water partition coefficient (Wildman–Crippen LogP) is 4.12. The van der Waals surface area contributed by atoms with Gasteiger partial charge < -0.3 is 20.7 Å². The molecular weight excluding hydrogens is 380 g/mol. The summed E-state index contributed by atoms with van der Waals surface area (Å²) in [4.78, 5) is 25.7. The standard InChI is InChI=1S/C22H26N6O2/c1-5-10-23-22(29)16-13-24-20(28-21-11-14(2)25-15(3)26-21)12-18(16)27-17-8-6-7-9-19(17)30-4/h6-9,11-13H,5,10H2,1-4H3,(H,23,29)(H2,24,25,26,27,28). The van der Waals surface area contributed by atoms with Gasteiger partial charge >= 0.3 is 0 Å². The van der Waals surface area contributed by atoms with Crippen molar-refractivity contribution < 1.29 is 9.53 Å². The molecule has 0 fully saturated rings. The van der Waals surface area contributed by atoms with E-state index in [9.17, 15) is 4.79 Å². The molecule has 0 atom stereocenters. The first-order chi connectivity index (χ1) is 14.5. The summed E-state index contributed by atoms with van der Waals surface area (Å²) < 4.78 is 5.42. The van der Waals surface area contributed by atoms with Crippen molar-refractivity contribution in [2.75, 3.05) is 24.3 Å². The van der Waals surface area contributed by atoms with E-state index in [1.54, 1.807) is 19.4 Å². The van der Waals surface area contributed by atoms with Gasteiger partial charge in [0.15, 0.2) is 0 Å². The first-order valence-electron chi connectivity index (χ1n) is 9.77. The van der Waals surface area contributed by atoms with Crippen LogP contribution in [-0.4, -0.2) is 34.5 Å². The highest BCUT2D eigenvalue weighted by Gasteiger charge is 2.15. The number of methoxy groups -OCH3 is 1. The number of aryl methyl sites for hydroxylation is 2. The number of hydrogen-bond donors (Lipinski definition) is 3. The van der Waals surface area contributed by atoms with Crippen molar-refractivity contribution in [2.45, 2.75) is 27.2 Å². The van der Waals surface area contributed by atoms with Gasteiger partial charge in [-0.3, -0.25) is 4.79 Å². The second kappa shape index (κ2) is 9.69. The zero-order valence-electron chi connectivity index (χ0n) is 17.6. The maximum Gasteiger partial charge on any atom is 0.254 e. The van der Waals surface area contributed by atoms with Crippen molar-refractivity contribution in [3.8, 4) is 5.75 Å². The summed E-state index contributed by atoms with van der Waals surface area (Å²) in [6, 6.07) is 11.1. The number of hydrogen-bond acceptors (Lipinski definition) is 7. The van der Waals surface area contributed by atoms with Gasteiger partial charge in [0.05, 0.1) is 24.0 Å². The summed E-state index contributed by atoms with van der Waals surface area (Å²) in [6.07, 6.45) is 2.40. The zero-order chi connectivity index (χ0) is 21.5. The molecule has 3 N–H and O–H groups in total. The molecule has 3 rings (SSSR count). The molecular formula is C22H26N6O2. The van der Waals surface area contributed by atoms with Gasteiger partial charge in [0.25, 0.3) is 5.91 Å². The first-order valence-corrected chi connectivity index (χ1v) is 9.77. The van der Waals surface area contributed by atoms with Crippen molar-refractivity contribution >= 4 is 28.9 Å². The Labute approximate surface area is 176 Å². The van der Waals surface area contributed by atoms with Crippen LogP contribution in [0.1, 0.15) is 35.2 Å². The molecule has 3 aromatic rings. The number of pyridine rings is 1. The van der Waals surface area contributed by atoms with Crippen molar-refractivity contribution in [1.82, 2.24) is 20.3 Å². The van der Waals surface area contributed by atoms with Gasteiger partial charge in [0, 0.05) is 30.6 Å². The Hall–Kier alpha value is -3.68. The third-order valence-electron chi connectivity index (χ3n) is 4.28. The molecule has 0 radical (unpaired) electrons. The molecule has 1 amide bonds. The lowest BCUT2D eigenvalue weighted by Gasteiger charge is -2.16. The van der Waals surface area contributed by atoms with E-state index in [0.717, 1.165) is 17.8 Å². The number of carbonyl (C=O) groups excluding carboxylic acids is 1. The molecule has 0 aliphatic carbocycles. The van der Waals surface area contributed by atoms with Crippen LogP contribution in [-0.2, 0) is 0 Å². The fraction of sp³-hybridized carbons (Fsp3) is 0.273. The van der Waals surface area contributed by atoms with Crippen LogP contribution in [0.15, 0.2) is 42.6 Å². The number of benzene rings is 1. The number of carbonyl (C=O) groups is 1. The van der Waals surface area contributed by atoms with Gasteiger partial charge in [0.2, 0.25) is 0 Å². The number of aromatic nitrogens is 3. The molecule has 0 saturated carbocycles. The minimum atomic E-state index is -0.193. The van der Waals surface area contributed by atoms with Gasteiger partial charge in [0.1, 0.15) is 23.2 Å². The van der Waals surface area contributed by atoms with Crippen LogP contribution < -0.4 is 20.7 Å². The Kier molecular flexibility index (Phi) is 6.79. The number of anilines is 4. The predicted molar refractivity (Wildman–Crippen MR) is 118 cm³/mol. The minimum absolute atomic E-state index is 0.193. The lowest BCUT2D eigenvalue weighted by Crippen LogP contribution is -2.25. The van der Waals surface area contributed by atoms with Crippen LogP contribution in [0.4, 0.5) is 23.0 Å². The average Bonchev–Trinajstić information content (AvgIpc) is 2.72. The summed E-state index contributed by atoms with van der Waals surface area (Å²) in [6.45, 7) is 6.34. The summed E-state index contributed by atoms with van der Waals surface area (Å²) in [5.41, 5.74) is 2.64. The summed E-state index contributed by atoms with van der Waals surface area (Å²) in [5.74, 6) is 2.34. The van der Waals surface area contributed by atoms with Crippen LogP contribution >= 0.6 is 0 Å². The Balaban J connectivity index is 1.96. The monoisotopic (exact) mass is 406 g/mol. The van der Waals surface area contributed by atoms with E-state index >= 15 is 0 Å². The summed E-state index contributed by atoms with van der Waals surface area (Å²) in [7, 11) is 1.61. The summed E-state index contributed by atoms with van der Waals surface area (Å²) >= 11 is 0. The van der Waals surface area contributed by atoms with E-state index in [1.165, 1.54) is 0 Å². The number of nitrogens with zero attached hydrogens (tertiary/aromatic N) is 3. The molecule has 8 nitrogen and oxygen atoms in total. The van der Waals surface area contributed by atoms with Crippen LogP contribution in [0.25, 0.3) is 0 Å². The van der Waals surface area contributed by atoms with E-state index in [4.69, 9.17) is 4.74 Å². The minimum Gasteiger partial charge on any atom is -0.495 e. The molecule has 0 aliphatic rings. The highest BCUT2D eigenvalue weighted by Crippen LogP contribution is 2.30. The number of para-hydroxylation sites is 2. The van der Waals surface area contributed by atoms with Gasteiger partial charge in [-0.25, -0.2) is 15.0 Å². The molecule has 0 unspecified atom stereocenters. The Bertz CT molecular complexity index is 1020. The quantitative estimate of drug-likeness (QED) is 0.517. The average molecular weight is 406 g/mol. The molecule has 1 aromatic carbocycles. The molecule has 8 heteroatoms. The number of ether oxygens (including phenoxy) is 1. The molecule has 2 heterocycles. The zero-order valence-corrected chi connectivity index (χ0v) is 17.6. The van der Waals surface area contributed by atoms with Gasteiger partial charge in [-0.15, -0.1) is 0 Å². The highest BCUT2D eigenvalue weighted by atomic mass is 16.5. The number of amides is 1. The third-order valence-corrected chi connectivity index (χ3v) is 4.28. The first kappa shape index (κ1) is 21.0. The highest BCUT2D eigenvalue weighted by molar-refractivity contribution is 6.00. The fourth-order valence-electron chi connectivity index (χ4n) is 2.95. The van der Waals surface area contributed by atoms with E-state index in [1.807, 2.05) is 51.1 Å². The maximum absolute atomic E-state index is 12.7. The SMILES string of the molecule is CCCNC(=O)c1cnc(Nc2cc(C)nc(C)n2)cc1Nc1ccccc1OC. The van der Waals surface area contributed by atoms with Crippen molar-refractivity contribution in [2.24, 2.45) is 0 Å². The van der Waals surface area contributed by atoms with Crippen LogP contribution in [0.5, 0.6) is 5.75 Å². The Morgan fingerprint density at radius 1 is 1.03 bits per heavy atom.